The van der Waals surface area contributed by atoms with Gasteiger partial charge in [0.15, 0.2) is 0 Å². The number of benzene rings is 1. The Kier molecular flexibility index (Phi) is 6.16. The van der Waals surface area contributed by atoms with Gasteiger partial charge in [0.2, 0.25) is 11.8 Å². The number of nitrogens with zero attached hydrogens (tertiary/aromatic N) is 1. The standard InChI is InChI=1S/C18H27N3O2/c1-13-9-14(2)11-15(10-13)20-18(23)12-17(22)19-7-6-16-5-4-8-21(16)3/h9-11,16H,4-8,12H2,1-3H3,(H,19,22)(H,20,23). The van der Waals surface area contributed by atoms with Crippen LogP contribution in [0.25, 0.3) is 0 Å². The maximum Gasteiger partial charge on any atom is 0.233 e. The van der Waals surface area contributed by atoms with Crippen molar-refractivity contribution in [2.45, 2.75) is 45.6 Å². The van der Waals surface area contributed by atoms with E-state index in [1.165, 1.54) is 12.8 Å². The highest BCUT2D eigenvalue weighted by molar-refractivity contribution is 6.03. The van der Waals surface area contributed by atoms with Crippen LogP contribution in [0.4, 0.5) is 5.69 Å². The first-order valence-corrected chi connectivity index (χ1v) is 8.29. The third-order valence-corrected chi connectivity index (χ3v) is 4.30. The summed E-state index contributed by atoms with van der Waals surface area (Å²) in [6.45, 7) is 5.73. The molecule has 1 unspecified atom stereocenters. The lowest BCUT2D eigenvalue weighted by atomic mass is 10.1. The molecule has 2 N–H and O–H groups in total. The van der Waals surface area contributed by atoms with Gasteiger partial charge in [0, 0.05) is 18.3 Å². The van der Waals surface area contributed by atoms with Gasteiger partial charge in [-0.3, -0.25) is 9.59 Å². The normalized spacial score (nSPS) is 18.0. The number of aryl methyl sites for hydroxylation is 2. The van der Waals surface area contributed by atoms with Crippen LogP contribution in [-0.4, -0.2) is 42.9 Å². The number of carbonyl (C=O) groups is 2. The molecule has 0 bridgehead atoms. The monoisotopic (exact) mass is 317 g/mol. The van der Waals surface area contributed by atoms with Crippen molar-refractivity contribution in [3.8, 4) is 0 Å². The fraction of sp³-hybridized carbons (Fsp3) is 0.556. The van der Waals surface area contributed by atoms with Crippen molar-refractivity contribution >= 4 is 17.5 Å². The van der Waals surface area contributed by atoms with Gasteiger partial charge >= 0.3 is 0 Å². The van der Waals surface area contributed by atoms with Gasteiger partial charge < -0.3 is 15.5 Å². The van der Waals surface area contributed by atoms with Crippen molar-refractivity contribution in [3.05, 3.63) is 29.3 Å². The molecule has 0 spiro atoms. The minimum absolute atomic E-state index is 0.131. The number of nitrogens with one attached hydrogen (secondary N) is 2. The zero-order valence-corrected chi connectivity index (χ0v) is 14.3. The number of rotatable bonds is 6. The lowest BCUT2D eigenvalue weighted by Crippen LogP contribution is -2.33. The lowest BCUT2D eigenvalue weighted by molar-refractivity contribution is -0.126. The zero-order valence-electron chi connectivity index (χ0n) is 14.3. The number of hydrogen-bond acceptors (Lipinski definition) is 3. The number of hydrogen-bond donors (Lipinski definition) is 2. The lowest BCUT2D eigenvalue weighted by Gasteiger charge is -2.19. The Morgan fingerprint density at radius 3 is 2.48 bits per heavy atom. The maximum atomic E-state index is 11.9. The molecule has 0 aromatic heterocycles. The summed E-state index contributed by atoms with van der Waals surface area (Å²) in [5.41, 5.74) is 2.92. The maximum absolute atomic E-state index is 11.9. The van der Waals surface area contributed by atoms with E-state index < -0.39 is 0 Å². The average Bonchev–Trinajstić information content (AvgIpc) is 2.83. The van der Waals surface area contributed by atoms with E-state index in [0.717, 1.165) is 29.8 Å². The van der Waals surface area contributed by atoms with Crippen LogP contribution in [0.1, 0.15) is 36.8 Å². The molecule has 1 aliphatic heterocycles. The van der Waals surface area contributed by atoms with Gasteiger partial charge in [-0.2, -0.15) is 0 Å². The van der Waals surface area contributed by atoms with Crippen LogP contribution in [0.15, 0.2) is 18.2 Å². The fourth-order valence-corrected chi connectivity index (χ4v) is 3.18. The first-order valence-electron chi connectivity index (χ1n) is 8.29. The van der Waals surface area contributed by atoms with Gasteiger partial charge in [0.05, 0.1) is 0 Å². The second-order valence-corrected chi connectivity index (χ2v) is 6.52. The second-order valence-electron chi connectivity index (χ2n) is 6.52. The molecule has 2 rings (SSSR count). The van der Waals surface area contributed by atoms with E-state index in [1.54, 1.807) is 0 Å². The fourth-order valence-electron chi connectivity index (χ4n) is 3.18. The van der Waals surface area contributed by atoms with E-state index in [9.17, 15) is 9.59 Å². The van der Waals surface area contributed by atoms with Gasteiger partial charge in [-0.1, -0.05) is 6.07 Å². The van der Waals surface area contributed by atoms with E-state index in [0.29, 0.717) is 12.6 Å². The SMILES string of the molecule is Cc1cc(C)cc(NC(=O)CC(=O)NCCC2CCCN2C)c1. The molecule has 5 nitrogen and oxygen atoms in total. The molecule has 126 valence electrons. The highest BCUT2D eigenvalue weighted by Gasteiger charge is 2.20. The minimum Gasteiger partial charge on any atom is -0.356 e. The summed E-state index contributed by atoms with van der Waals surface area (Å²) in [6.07, 6.45) is 3.24. The average molecular weight is 317 g/mol. The Hall–Kier alpha value is -1.88. The molecule has 1 aromatic rings. The Bertz CT molecular complexity index is 551. The Morgan fingerprint density at radius 2 is 1.87 bits per heavy atom. The molecule has 0 radical (unpaired) electrons. The van der Waals surface area contributed by atoms with Gasteiger partial charge in [0.25, 0.3) is 0 Å². The summed E-state index contributed by atoms with van der Waals surface area (Å²) in [4.78, 5) is 26.1. The quantitative estimate of drug-likeness (QED) is 0.791. The summed E-state index contributed by atoms with van der Waals surface area (Å²) in [7, 11) is 2.12. The summed E-state index contributed by atoms with van der Waals surface area (Å²) in [5.74, 6) is -0.488. The molecule has 1 atom stereocenters. The Labute approximate surface area is 138 Å². The van der Waals surface area contributed by atoms with Gasteiger partial charge in [0.1, 0.15) is 6.42 Å². The second kappa shape index (κ2) is 8.11. The van der Waals surface area contributed by atoms with Crippen molar-refractivity contribution in [3.63, 3.8) is 0 Å². The number of likely N-dealkylation sites (tertiary alicyclic amines) is 1. The van der Waals surface area contributed by atoms with Gasteiger partial charge in [-0.15, -0.1) is 0 Å². The van der Waals surface area contributed by atoms with Crippen molar-refractivity contribution < 1.29 is 9.59 Å². The topological polar surface area (TPSA) is 61.4 Å². The number of carbonyl (C=O) groups excluding carboxylic acids is 2. The molecule has 23 heavy (non-hydrogen) atoms. The molecule has 1 fully saturated rings. The summed E-state index contributed by atoms with van der Waals surface area (Å²) < 4.78 is 0. The molecule has 2 amide bonds. The molecule has 0 aliphatic carbocycles. The molecular weight excluding hydrogens is 290 g/mol. The minimum atomic E-state index is -0.273. The predicted molar refractivity (Wildman–Crippen MR) is 92.4 cm³/mol. The number of amides is 2. The van der Waals surface area contributed by atoms with Crippen molar-refractivity contribution in [1.82, 2.24) is 10.2 Å². The van der Waals surface area contributed by atoms with Crippen molar-refractivity contribution in [1.29, 1.82) is 0 Å². The van der Waals surface area contributed by atoms with Crippen LogP contribution in [0, 0.1) is 13.8 Å². The van der Waals surface area contributed by atoms with Crippen LogP contribution in [-0.2, 0) is 9.59 Å². The molecule has 1 saturated heterocycles. The Balaban J connectivity index is 1.71. The summed E-state index contributed by atoms with van der Waals surface area (Å²) in [5, 5.41) is 5.63. The van der Waals surface area contributed by atoms with E-state index >= 15 is 0 Å². The predicted octanol–water partition coefficient (Wildman–Crippen LogP) is 2.23. The molecular formula is C18H27N3O2. The third kappa shape index (κ3) is 5.67. The number of anilines is 1. The smallest absolute Gasteiger partial charge is 0.233 e. The van der Waals surface area contributed by atoms with Crippen molar-refractivity contribution in [2.75, 3.05) is 25.5 Å². The third-order valence-electron chi connectivity index (χ3n) is 4.30. The van der Waals surface area contributed by atoms with Crippen LogP contribution in [0.2, 0.25) is 0 Å². The molecule has 1 heterocycles. The van der Waals surface area contributed by atoms with Crippen LogP contribution in [0.3, 0.4) is 0 Å². The van der Waals surface area contributed by atoms with Crippen LogP contribution < -0.4 is 10.6 Å². The Morgan fingerprint density at radius 1 is 1.17 bits per heavy atom. The van der Waals surface area contributed by atoms with E-state index in [4.69, 9.17) is 0 Å². The van der Waals surface area contributed by atoms with E-state index in [1.807, 2.05) is 32.0 Å². The van der Waals surface area contributed by atoms with Crippen LogP contribution in [0.5, 0.6) is 0 Å². The first kappa shape index (κ1) is 17.5. The molecule has 5 heteroatoms. The zero-order chi connectivity index (χ0) is 16.8. The molecule has 1 aromatic carbocycles. The van der Waals surface area contributed by atoms with E-state index in [-0.39, 0.29) is 18.2 Å². The summed E-state index contributed by atoms with van der Waals surface area (Å²) in [6, 6.07) is 6.40. The van der Waals surface area contributed by atoms with Crippen LogP contribution >= 0.6 is 0 Å². The van der Waals surface area contributed by atoms with E-state index in [2.05, 4.69) is 22.6 Å². The largest absolute Gasteiger partial charge is 0.356 e. The highest BCUT2D eigenvalue weighted by atomic mass is 16.2. The molecule has 0 saturated carbocycles. The highest BCUT2D eigenvalue weighted by Crippen LogP contribution is 2.17. The van der Waals surface area contributed by atoms with Gasteiger partial charge in [-0.25, -0.2) is 0 Å². The van der Waals surface area contributed by atoms with Crippen molar-refractivity contribution in [2.24, 2.45) is 0 Å². The van der Waals surface area contributed by atoms with Gasteiger partial charge in [-0.05, 0) is 70.0 Å². The first-order chi connectivity index (χ1) is 10.9. The molecule has 1 aliphatic rings. The summed E-state index contributed by atoms with van der Waals surface area (Å²) >= 11 is 0.